The standard InChI is InChI=1S/C13H13BrN2O2S/c1-9-15-4-5-16(9)6-7-19-10-2-3-12(14)11(8-10)13(17)18/h2-5,8H,6-7H2,1H3,(H,17,18). The van der Waals surface area contributed by atoms with Gasteiger partial charge >= 0.3 is 5.97 Å². The first-order valence-corrected chi connectivity index (χ1v) is 7.49. The van der Waals surface area contributed by atoms with Crippen LogP contribution in [0.5, 0.6) is 0 Å². The van der Waals surface area contributed by atoms with Gasteiger partial charge in [0.05, 0.1) is 5.56 Å². The Hall–Kier alpha value is -1.27. The number of aryl methyl sites for hydroxylation is 2. The summed E-state index contributed by atoms with van der Waals surface area (Å²) in [6, 6.07) is 5.38. The molecule has 6 heteroatoms. The topological polar surface area (TPSA) is 55.1 Å². The Labute approximate surface area is 124 Å². The van der Waals surface area contributed by atoms with Crippen LogP contribution in [-0.2, 0) is 6.54 Å². The van der Waals surface area contributed by atoms with E-state index in [2.05, 4.69) is 25.5 Å². The molecule has 0 amide bonds. The predicted octanol–water partition coefficient (Wildman–Crippen LogP) is 3.44. The highest BCUT2D eigenvalue weighted by Gasteiger charge is 2.09. The lowest BCUT2D eigenvalue weighted by molar-refractivity contribution is 0.0695. The molecule has 2 rings (SSSR count). The molecule has 2 aromatic rings. The van der Waals surface area contributed by atoms with Crippen LogP contribution in [0.15, 0.2) is 40.0 Å². The fraction of sp³-hybridized carbons (Fsp3) is 0.231. The van der Waals surface area contributed by atoms with E-state index in [1.54, 1.807) is 30.1 Å². The molecule has 4 nitrogen and oxygen atoms in total. The quantitative estimate of drug-likeness (QED) is 0.847. The van der Waals surface area contributed by atoms with E-state index in [0.717, 1.165) is 23.0 Å². The van der Waals surface area contributed by atoms with Crippen molar-refractivity contribution in [3.8, 4) is 0 Å². The van der Waals surface area contributed by atoms with Crippen molar-refractivity contribution < 1.29 is 9.90 Å². The summed E-state index contributed by atoms with van der Waals surface area (Å²) in [5, 5.41) is 9.05. The van der Waals surface area contributed by atoms with Gasteiger partial charge in [0, 0.05) is 34.1 Å². The van der Waals surface area contributed by atoms with Crippen molar-refractivity contribution in [2.75, 3.05) is 5.75 Å². The molecule has 1 N–H and O–H groups in total. The summed E-state index contributed by atoms with van der Waals surface area (Å²) in [4.78, 5) is 16.1. The van der Waals surface area contributed by atoms with Crippen LogP contribution in [0.3, 0.4) is 0 Å². The first kappa shape index (κ1) is 14.1. The second kappa shape index (κ2) is 6.25. The van der Waals surface area contributed by atoms with Gasteiger partial charge in [0.1, 0.15) is 5.82 Å². The third-order valence-corrected chi connectivity index (χ3v) is 4.36. The van der Waals surface area contributed by atoms with E-state index >= 15 is 0 Å². The lowest BCUT2D eigenvalue weighted by Gasteiger charge is -2.06. The lowest BCUT2D eigenvalue weighted by atomic mass is 10.2. The second-order valence-corrected chi connectivity index (χ2v) is 5.99. The minimum atomic E-state index is -0.917. The molecule has 100 valence electrons. The number of carboxylic acid groups (broad SMARTS) is 1. The first-order chi connectivity index (χ1) is 9.08. The van der Waals surface area contributed by atoms with Crippen molar-refractivity contribution in [1.82, 2.24) is 9.55 Å². The molecule has 1 aromatic heterocycles. The predicted molar refractivity (Wildman–Crippen MR) is 78.8 cm³/mol. The molecule has 0 unspecified atom stereocenters. The van der Waals surface area contributed by atoms with Crippen LogP contribution >= 0.6 is 27.7 Å². The third kappa shape index (κ3) is 3.61. The zero-order chi connectivity index (χ0) is 13.8. The summed E-state index contributed by atoms with van der Waals surface area (Å²) >= 11 is 4.87. The van der Waals surface area contributed by atoms with E-state index in [0.29, 0.717) is 10.0 Å². The zero-order valence-electron chi connectivity index (χ0n) is 10.3. The van der Waals surface area contributed by atoms with Gasteiger partial charge in [-0.2, -0.15) is 0 Å². The number of aromatic nitrogens is 2. The number of imidazole rings is 1. The monoisotopic (exact) mass is 340 g/mol. The molecule has 0 fully saturated rings. The minimum Gasteiger partial charge on any atom is -0.478 e. The lowest BCUT2D eigenvalue weighted by Crippen LogP contribution is -2.02. The van der Waals surface area contributed by atoms with E-state index in [4.69, 9.17) is 5.11 Å². The Balaban J connectivity index is 1.98. The fourth-order valence-corrected chi connectivity index (χ4v) is 2.97. The molecule has 1 aromatic carbocycles. The summed E-state index contributed by atoms with van der Waals surface area (Å²) in [7, 11) is 0. The summed E-state index contributed by atoms with van der Waals surface area (Å²) in [5.41, 5.74) is 0.295. The Morgan fingerprint density at radius 1 is 1.53 bits per heavy atom. The summed E-state index contributed by atoms with van der Waals surface area (Å²) < 4.78 is 2.68. The highest BCUT2D eigenvalue weighted by atomic mass is 79.9. The van der Waals surface area contributed by atoms with E-state index in [-0.39, 0.29) is 0 Å². The SMILES string of the molecule is Cc1nccn1CCSc1ccc(Br)c(C(=O)O)c1. The maximum absolute atomic E-state index is 11.0. The number of nitrogens with zero attached hydrogens (tertiary/aromatic N) is 2. The van der Waals surface area contributed by atoms with Gasteiger partial charge in [-0.3, -0.25) is 0 Å². The normalized spacial score (nSPS) is 10.6. The fourth-order valence-electron chi connectivity index (χ4n) is 1.66. The number of benzene rings is 1. The van der Waals surface area contributed by atoms with Crippen LogP contribution in [0.2, 0.25) is 0 Å². The average Bonchev–Trinajstić information content (AvgIpc) is 2.77. The number of hydrogen-bond donors (Lipinski definition) is 1. The molecule has 19 heavy (non-hydrogen) atoms. The van der Waals surface area contributed by atoms with E-state index in [9.17, 15) is 4.79 Å². The average molecular weight is 341 g/mol. The molecule has 0 atom stereocenters. The van der Waals surface area contributed by atoms with Crippen molar-refractivity contribution >= 4 is 33.7 Å². The maximum Gasteiger partial charge on any atom is 0.336 e. The van der Waals surface area contributed by atoms with Crippen LogP contribution in [0.4, 0.5) is 0 Å². The van der Waals surface area contributed by atoms with Crippen LogP contribution < -0.4 is 0 Å². The Kier molecular flexibility index (Phi) is 4.66. The highest BCUT2D eigenvalue weighted by Crippen LogP contribution is 2.25. The Morgan fingerprint density at radius 2 is 2.32 bits per heavy atom. The van der Waals surface area contributed by atoms with Gasteiger partial charge in [0.15, 0.2) is 0 Å². The van der Waals surface area contributed by atoms with Crippen LogP contribution in [-0.4, -0.2) is 26.4 Å². The van der Waals surface area contributed by atoms with E-state index in [1.165, 1.54) is 0 Å². The van der Waals surface area contributed by atoms with Gasteiger partial charge in [0.2, 0.25) is 0 Å². The van der Waals surface area contributed by atoms with Crippen molar-refractivity contribution in [2.24, 2.45) is 0 Å². The number of carbonyl (C=O) groups is 1. The summed E-state index contributed by atoms with van der Waals surface area (Å²) in [6.45, 7) is 2.82. The van der Waals surface area contributed by atoms with Gasteiger partial charge in [-0.1, -0.05) is 0 Å². The third-order valence-electron chi connectivity index (χ3n) is 2.69. The van der Waals surface area contributed by atoms with Crippen molar-refractivity contribution in [2.45, 2.75) is 18.4 Å². The van der Waals surface area contributed by atoms with Gasteiger partial charge in [0.25, 0.3) is 0 Å². The molecule has 0 radical (unpaired) electrons. The number of aromatic carboxylic acids is 1. The van der Waals surface area contributed by atoms with Crippen LogP contribution in [0, 0.1) is 6.92 Å². The number of halogens is 1. The number of thioether (sulfide) groups is 1. The highest BCUT2D eigenvalue weighted by molar-refractivity contribution is 9.10. The molecule has 0 bridgehead atoms. The molecular formula is C13H13BrN2O2S. The molecular weight excluding hydrogens is 328 g/mol. The molecule has 0 aliphatic rings. The summed E-state index contributed by atoms with van der Waals surface area (Å²) in [5.74, 6) is 0.945. The number of hydrogen-bond acceptors (Lipinski definition) is 3. The van der Waals surface area contributed by atoms with Gasteiger partial charge < -0.3 is 9.67 Å². The molecule has 1 heterocycles. The molecule has 0 saturated heterocycles. The molecule has 0 aliphatic heterocycles. The number of rotatable bonds is 5. The Bertz CT molecular complexity index is 598. The van der Waals surface area contributed by atoms with Crippen molar-refractivity contribution in [3.05, 3.63) is 46.5 Å². The van der Waals surface area contributed by atoms with E-state index < -0.39 is 5.97 Å². The smallest absolute Gasteiger partial charge is 0.336 e. The number of carboxylic acids is 1. The summed E-state index contributed by atoms with van der Waals surface area (Å²) in [6.07, 6.45) is 3.72. The van der Waals surface area contributed by atoms with Gasteiger partial charge in [-0.25, -0.2) is 9.78 Å². The Morgan fingerprint density at radius 3 is 2.95 bits per heavy atom. The van der Waals surface area contributed by atoms with Crippen LogP contribution in [0.25, 0.3) is 0 Å². The maximum atomic E-state index is 11.0. The molecule has 0 saturated carbocycles. The molecule has 0 aliphatic carbocycles. The molecule has 0 spiro atoms. The van der Waals surface area contributed by atoms with E-state index in [1.807, 2.05) is 19.2 Å². The van der Waals surface area contributed by atoms with Gasteiger partial charge in [-0.15, -0.1) is 11.8 Å². The van der Waals surface area contributed by atoms with Gasteiger partial charge in [-0.05, 0) is 41.1 Å². The minimum absolute atomic E-state index is 0.295. The zero-order valence-corrected chi connectivity index (χ0v) is 12.7. The largest absolute Gasteiger partial charge is 0.478 e. The van der Waals surface area contributed by atoms with Crippen LogP contribution in [0.1, 0.15) is 16.2 Å². The second-order valence-electron chi connectivity index (χ2n) is 3.96. The first-order valence-electron chi connectivity index (χ1n) is 5.71. The van der Waals surface area contributed by atoms with Crippen molar-refractivity contribution in [1.29, 1.82) is 0 Å². The van der Waals surface area contributed by atoms with Crippen molar-refractivity contribution in [3.63, 3.8) is 0 Å².